The molecule has 0 aromatic heterocycles. The van der Waals surface area contributed by atoms with E-state index in [1.165, 1.54) is 21.3 Å². The van der Waals surface area contributed by atoms with Crippen LogP contribution in [-0.4, -0.2) is 34.9 Å². The first-order valence-electron chi connectivity index (χ1n) is 4.95. The quantitative estimate of drug-likeness (QED) is 0.713. The van der Waals surface area contributed by atoms with Gasteiger partial charge in [0.2, 0.25) is 0 Å². The smallest absolute Gasteiger partial charge is 0.189 e. The van der Waals surface area contributed by atoms with Crippen LogP contribution in [0.2, 0.25) is 5.02 Å². The molecule has 0 aliphatic rings. The highest BCUT2D eigenvalue weighted by atomic mass is 79.9. The summed E-state index contributed by atoms with van der Waals surface area (Å²) in [5, 5.41) is 0.296. The second-order valence-electron chi connectivity index (χ2n) is 3.13. The summed E-state index contributed by atoms with van der Waals surface area (Å²) in [5.74, 6) is 1.25. The van der Waals surface area contributed by atoms with Gasteiger partial charge in [0.05, 0.1) is 11.6 Å². The van der Waals surface area contributed by atoms with Crippen LogP contribution in [0.3, 0.4) is 0 Å². The molecule has 0 aliphatic carbocycles. The predicted octanol–water partition coefficient (Wildman–Crippen LogP) is 3.08. The van der Waals surface area contributed by atoms with E-state index in [0.29, 0.717) is 26.7 Å². The van der Waals surface area contributed by atoms with Gasteiger partial charge in [0, 0.05) is 20.3 Å². The zero-order valence-electron chi connectivity index (χ0n) is 10.3. The third-order valence-electron chi connectivity index (χ3n) is 1.95. The third-order valence-corrected chi connectivity index (χ3v) is 2.90. The lowest BCUT2D eigenvalue weighted by atomic mass is 10.3. The first-order valence-corrected chi connectivity index (χ1v) is 6.12. The number of rotatable bonds is 7. The average Bonchev–Trinajstić information content (AvgIpc) is 2.37. The second-order valence-corrected chi connectivity index (χ2v) is 4.37. The molecule has 0 amide bonds. The highest BCUT2D eigenvalue weighted by Crippen LogP contribution is 2.46. The van der Waals surface area contributed by atoms with Gasteiger partial charge in [0.25, 0.3) is 0 Å². The maximum Gasteiger partial charge on any atom is 0.189 e. The Morgan fingerprint density at radius 2 is 1.67 bits per heavy atom. The lowest BCUT2D eigenvalue weighted by Crippen LogP contribution is -2.04. The molecule has 0 bridgehead atoms. The molecule has 1 aromatic carbocycles. The van der Waals surface area contributed by atoms with Crippen molar-refractivity contribution < 1.29 is 23.7 Å². The average molecular weight is 342 g/mol. The molecule has 7 heteroatoms. The van der Waals surface area contributed by atoms with Crippen LogP contribution in [0.25, 0.3) is 0 Å². The molecule has 5 nitrogen and oxygen atoms in total. The van der Waals surface area contributed by atoms with Gasteiger partial charge in [-0.2, -0.15) is 0 Å². The van der Waals surface area contributed by atoms with Crippen LogP contribution in [0, 0.1) is 0 Å². The lowest BCUT2D eigenvalue weighted by Gasteiger charge is -2.16. The van der Waals surface area contributed by atoms with Crippen LogP contribution in [0.1, 0.15) is 0 Å². The van der Waals surface area contributed by atoms with Crippen molar-refractivity contribution in [3.8, 4) is 17.2 Å². The Labute approximate surface area is 119 Å². The minimum absolute atomic E-state index is 0.0518. The van der Waals surface area contributed by atoms with Gasteiger partial charge < -0.3 is 23.7 Å². The molecule has 0 radical (unpaired) electrons. The van der Waals surface area contributed by atoms with Gasteiger partial charge in [-0.25, -0.2) is 0 Å². The third kappa shape index (κ3) is 3.65. The number of ether oxygens (including phenoxy) is 5. The van der Waals surface area contributed by atoms with Crippen LogP contribution in [0.5, 0.6) is 17.2 Å². The zero-order chi connectivity index (χ0) is 13.5. The van der Waals surface area contributed by atoms with Crippen molar-refractivity contribution in [1.29, 1.82) is 0 Å². The SMILES string of the molecule is COCOc1cc(Br)c(OC)c(OCOC)c1Cl. The molecule has 0 fully saturated rings. The molecule has 0 N–H and O–H groups in total. The number of hydrogen-bond donors (Lipinski definition) is 0. The van der Waals surface area contributed by atoms with E-state index < -0.39 is 0 Å². The van der Waals surface area contributed by atoms with Crippen molar-refractivity contribution in [2.75, 3.05) is 34.9 Å². The zero-order valence-corrected chi connectivity index (χ0v) is 12.6. The monoisotopic (exact) mass is 340 g/mol. The van der Waals surface area contributed by atoms with E-state index in [1.807, 2.05) is 0 Å². The Hall–Kier alpha value is -0.690. The Bertz CT molecular complexity index is 400. The topological polar surface area (TPSA) is 46.2 Å². The first-order chi connectivity index (χ1) is 8.65. The molecular formula is C11H14BrClO5. The molecule has 0 aliphatic heterocycles. The molecule has 0 atom stereocenters. The summed E-state index contributed by atoms with van der Waals surface area (Å²) < 4.78 is 26.2. The molecular weight excluding hydrogens is 327 g/mol. The summed E-state index contributed by atoms with van der Waals surface area (Å²) in [6, 6.07) is 1.68. The van der Waals surface area contributed by atoms with Gasteiger partial charge in [-0.1, -0.05) is 11.6 Å². The van der Waals surface area contributed by atoms with Crippen molar-refractivity contribution in [3.63, 3.8) is 0 Å². The van der Waals surface area contributed by atoms with Crippen molar-refractivity contribution in [1.82, 2.24) is 0 Å². The fourth-order valence-electron chi connectivity index (χ4n) is 1.23. The van der Waals surface area contributed by atoms with E-state index in [-0.39, 0.29) is 13.6 Å². The minimum atomic E-state index is 0.0518. The largest absolute Gasteiger partial charge is 0.492 e. The van der Waals surface area contributed by atoms with E-state index in [2.05, 4.69) is 15.9 Å². The first kappa shape index (κ1) is 15.4. The van der Waals surface area contributed by atoms with Gasteiger partial charge in [0.1, 0.15) is 10.8 Å². The van der Waals surface area contributed by atoms with E-state index in [9.17, 15) is 0 Å². The summed E-state index contributed by atoms with van der Waals surface area (Å²) >= 11 is 9.53. The van der Waals surface area contributed by atoms with E-state index in [4.69, 9.17) is 35.3 Å². The lowest BCUT2D eigenvalue weighted by molar-refractivity contribution is 0.0447. The molecule has 1 aromatic rings. The standard InChI is InChI=1S/C11H14BrClO5/c1-14-5-17-8-4-7(12)10(16-3)11(9(8)13)18-6-15-2/h4H,5-6H2,1-3H3. The van der Waals surface area contributed by atoms with Crippen LogP contribution in [-0.2, 0) is 9.47 Å². The Kier molecular flexibility index (Phi) is 6.56. The molecule has 0 spiro atoms. The molecule has 0 heterocycles. The normalized spacial score (nSPS) is 10.3. The molecule has 102 valence electrons. The fraction of sp³-hybridized carbons (Fsp3) is 0.455. The van der Waals surface area contributed by atoms with Crippen LogP contribution in [0.15, 0.2) is 10.5 Å². The van der Waals surface area contributed by atoms with Crippen molar-refractivity contribution in [3.05, 3.63) is 15.6 Å². The van der Waals surface area contributed by atoms with Crippen molar-refractivity contribution >= 4 is 27.5 Å². The van der Waals surface area contributed by atoms with E-state index in [0.717, 1.165) is 0 Å². The molecule has 1 rings (SSSR count). The van der Waals surface area contributed by atoms with Gasteiger partial charge in [0.15, 0.2) is 25.1 Å². The van der Waals surface area contributed by atoms with Crippen LogP contribution in [0.4, 0.5) is 0 Å². The Morgan fingerprint density at radius 1 is 1.06 bits per heavy atom. The molecule has 0 saturated heterocycles. The molecule has 18 heavy (non-hydrogen) atoms. The highest BCUT2D eigenvalue weighted by molar-refractivity contribution is 9.10. The summed E-state index contributed by atoms with van der Waals surface area (Å²) in [6.45, 7) is 0.137. The number of benzene rings is 1. The van der Waals surface area contributed by atoms with Gasteiger partial charge in [-0.15, -0.1) is 0 Å². The van der Waals surface area contributed by atoms with Crippen molar-refractivity contribution in [2.45, 2.75) is 0 Å². The van der Waals surface area contributed by atoms with Gasteiger partial charge in [-0.3, -0.25) is 0 Å². The maximum atomic E-state index is 6.17. The van der Waals surface area contributed by atoms with E-state index in [1.54, 1.807) is 6.07 Å². The molecule has 0 unspecified atom stereocenters. The van der Waals surface area contributed by atoms with Gasteiger partial charge >= 0.3 is 0 Å². The molecule has 0 saturated carbocycles. The maximum absolute atomic E-state index is 6.17. The van der Waals surface area contributed by atoms with Crippen LogP contribution < -0.4 is 14.2 Å². The summed E-state index contributed by atoms with van der Waals surface area (Å²) in [5.41, 5.74) is 0. The fourth-order valence-corrected chi connectivity index (χ4v) is 2.03. The number of halogens is 2. The summed E-state index contributed by atoms with van der Waals surface area (Å²) in [6.07, 6.45) is 0. The summed E-state index contributed by atoms with van der Waals surface area (Å²) in [7, 11) is 4.56. The second kappa shape index (κ2) is 7.68. The highest BCUT2D eigenvalue weighted by Gasteiger charge is 2.19. The van der Waals surface area contributed by atoms with Crippen LogP contribution >= 0.6 is 27.5 Å². The minimum Gasteiger partial charge on any atom is -0.492 e. The Balaban J connectivity index is 3.12. The van der Waals surface area contributed by atoms with Gasteiger partial charge in [-0.05, 0) is 15.9 Å². The Morgan fingerprint density at radius 3 is 2.22 bits per heavy atom. The summed E-state index contributed by atoms with van der Waals surface area (Å²) in [4.78, 5) is 0. The predicted molar refractivity (Wildman–Crippen MR) is 70.7 cm³/mol. The van der Waals surface area contributed by atoms with Crippen molar-refractivity contribution in [2.24, 2.45) is 0 Å². The van der Waals surface area contributed by atoms with E-state index >= 15 is 0 Å². The number of methoxy groups -OCH3 is 3. The number of hydrogen-bond acceptors (Lipinski definition) is 5.